The quantitative estimate of drug-likeness (QED) is 0.642. The summed E-state index contributed by atoms with van der Waals surface area (Å²) in [4.78, 5) is 13.0. The number of hydrogen-bond donors (Lipinski definition) is 2. The lowest BCUT2D eigenvalue weighted by molar-refractivity contribution is 0.0891. The van der Waals surface area contributed by atoms with Crippen molar-refractivity contribution in [1.29, 1.82) is 0 Å². The lowest BCUT2D eigenvalue weighted by atomic mass is 9.87. The van der Waals surface area contributed by atoms with Crippen LogP contribution in [0.4, 0.5) is 0 Å². The Morgan fingerprint density at radius 3 is 2.54 bits per heavy atom. The van der Waals surface area contributed by atoms with Gasteiger partial charge in [0.1, 0.15) is 12.4 Å². The molecule has 1 atom stereocenters. The number of benzene rings is 2. The molecule has 0 radical (unpaired) electrons. The lowest BCUT2D eigenvalue weighted by Gasteiger charge is -2.26. The van der Waals surface area contributed by atoms with Crippen LogP contribution < -0.4 is 9.47 Å². The molecule has 2 aromatic carbocycles. The van der Waals surface area contributed by atoms with Crippen molar-refractivity contribution in [2.24, 2.45) is 0 Å². The summed E-state index contributed by atoms with van der Waals surface area (Å²) < 4.78 is 10.8. The molecular formula is C21H22O5. The molecule has 0 saturated heterocycles. The highest BCUT2D eigenvalue weighted by Crippen LogP contribution is 2.45. The second-order valence-electron chi connectivity index (χ2n) is 6.60. The van der Waals surface area contributed by atoms with Crippen molar-refractivity contribution in [1.82, 2.24) is 0 Å². The summed E-state index contributed by atoms with van der Waals surface area (Å²) in [6, 6.07) is 8.88. The number of carbonyl (C=O) groups excluding carboxylic acids is 1. The second-order valence-corrected chi connectivity index (χ2v) is 6.60. The number of ether oxygens (including phenoxy) is 2. The summed E-state index contributed by atoms with van der Waals surface area (Å²) in [5.41, 5.74) is 2.69. The molecule has 0 aromatic heterocycles. The standard InChI is InChI=1S/C21H22O5/c1-12(2)4-5-14-10-16-19(23)17(11-26-21(16)20(24)18(14)22)13-6-8-15(25-3)9-7-13/h4,6-10,17,22,24H,5,11H2,1-3H3. The predicted octanol–water partition coefficient (Wildman–Crippen LogP) is 3.97. The van der Waals surface area contributed by atoms with Crippen LogP contribution in [-0.4, -0.2) is 29.7 Å². The van der Waals surface area contributed by atoms with E-state index in [2.05, 4.69) is 0 Å². The van der Waals surface area contributed by atoms with E-state index in [4.69, 9.17) is 9.47 Å². The molecule has 136 valence electrons. The van der Waals surface area contributed by atoms with Gasteiger partial charge in [-0.15, -0.1) is 0 Å². The maximum Gasteiger partial charge on any atom is 0.201 e. The fourth-order valence-corrected chi connectivity index (χ4v) is 3.01. The average Bonchev–Trinajstić information content (AvgIpc) is 2.64. The van der Waals surface area contributed by atoms with Gasteiger partial charge in [-0.1, -0.05) is 23.8 Å². The van der Waals surface area contributed by atoms with Gasteiger partial charge >= 0.3 is 0 Å². The van der Waals surface area contributed by atoms with Crippen LogP contribution in [0.25, 0.3) is 0 Å². The van der Waals surface area contributed by atoms with Crippen molar-refractivity contribution < 1.29 is 24.5 Å². The zero-order valence-corrected chi connectivity index (χ0v) is 15.1. The number of aromatic hydroxyl groups is 2. The number of phenols is 2. The summed E-state index contributed by atoms with van der Waals surface area (Å²) in [5.74, 6) is -0.444. The molecule has 2 aromatic rings. The molecule has 1 unspecified atom stereocenters. The van der Waals surface area contributed by atoms with Crippen LogP contribution in [0.15, 0.2) is 42.0 Å². The Morgan fingerprint density at radius 1 is 1.23 bits per heavy atom. The molecule has 2 N–H and O–H groups in total. The van der Waals surface area contributed by atoms with Crippen LogP contribution in [-0.2, 0) is 6.42 Å². The van der Waals surface area contributed by atoms with E-state index in [-0.39, 0.29) is 29.6 Å². The summed E-state index contributed by atoms with van der Waals surface area (Å²) in [7, 11) is 1.59. The molecule has 1 heterocycles. The zero-order valence-electron chi connectivity index (χ0n) is 15.1. The summed E-state index contributed by atoms with van der Waals surface area (Å²) >= 11 is 0. The number of carbonyl (C=O) groups is 1. The Morgan fingerprint density at radius 2 is 1.92 bits per heavy atom. The average molecular weight is 354 g/mol. The minimum absolute atomic E-state index is 0.0539. The largest absolute Gasteiger partial charge is 0.504 e. The highest BCUT2D eigenvalue weighted by Gasteiger charge is 2.33. The first-order valence-electron chi connectivity index (χ1n) is 8.44. The Hall–Kier alpha value is -2.95. The number of phenolic OH excluding ortho intramolecular Hbond substituents is 2. The first-order valence-corrected chi connectivity index (χ1v) is 8.44. The van der Waals surface area contributed by atoms with Crippen LogP contribution in [0.1, 0.15) is 41.3 Å². The number of fused-ring (bicyclic) bond motifs is 1. The van der Waals surface area contributed by atoms with Crippen LogP contribution in [0, 0.1) is 0 Å². The van der Waals surface area contributed by atoms with Crippen molar-refractivity contribution in [2.45, 2.75) is 26.2 Å². The fourth-order valence-electron chi connectivity index (χ4n) is 3.01. The molecular weight excluding hydrogens is 332 g/mol. The van der Waals surface area contributed by atoms with E-state index in [0.29, 0.717) is 23.3 Å². The van der Waals surface area contributed by atoms with Crippen LogP contribution in [0.2, 0.25) is 0 Å². The Bertz CT molecular complexity index is 861. The van der Waals surface area contributed by atoms with E-state index in [0.717, 1.165) is 11.1 Å². The Balaban J connectivity index is 1.98. The summed E-state index contributed by atoms with van der Waals surface area (Å²) in [5, 5.41) is 20.5. The number of methoxy groups -OCH3 is 1. The van der Waals surface area contributed by atoms with Gasteiger partial charge < -0.3 is 19.7 Å². The van der Waals surface area contributed by atoms with Crippen LogP contribution in [0.5, 0.6) is 23.0 Å². The summed E-state index contributed by atoms with van der Waals surface area (Å²) in [6.45, 7) is 4.01. The van der Waals surface area contributed by atoms with Gasteiger partial charge in [-0.25, -0.2) is 0 Å². The van der Waals surface area contributed by atoms with Gasteiger partial charge in [0, 0.05) is 5.56 Å². The van der Waals surface area contributed by atoms with E-state index >= 15 is 0 Å². The predicted molar refractivity (Wildman–Crippen MR) is 98.5 cm³/mol. The number of allylic oxidation sites excluding steroid dienone is 2. The Kier molecular flexibility index (Phi) is 4.89. The van der Waals surface area contributed by atoms with Gasteiger partial charge in [-0.3, -0.25) is 4.79 Å². The zero-order chi connectivity index (χ0) is 18.8. The highest BCUT2D eigenvalue weighted by atomic mass is 16.5. The van der Waals surface area contributed by atoms with E-state index < -0.39 is 5.92 Å². The van der Waals surface area contributed by atoms with Gasteiger partial charge in [-0.2, -0.15) is 0 Å². The van der Waals surface area contributed by atoms with Gasteiger partial charge in [0.25, 0.3) is 0 Å². The summed E-state index contributed by atoms with van der Waals surface area (Å²) in [6.07, 6.45) is 2.35. The molecule has 5 nitrogen and oxygen atoms in total. The van der Waals surface area contributed by atoms with Crippen molar-refractivity contribution in [3.63, 3.8) is 0 Å². The van der Waals surface area contributed by atoms with Crippen LogP contribution in [0.3, 0.4) is 0 Å². The molecule has 26 heavy (non-hydrogen) atoms. The van der Waals surface area contributed by atoms with E-state index in [1.807, 2.05) is 32.1 Å². The highest BCUT2D eigenvalue weighted by molar-refractivity contribution is 6.05. The van der Waals surface area contributed by atoms with Crippen molar-refractivity contribution >= 4 is 5.78 Å². The van der Waals surface area contributed by atoms with Gasteiger partial charge in [0.05, 0.1) is 18.6 Å². The van der Waals surface area contributed by atoms with Crippen molar-refractivity contribution in [3.05, 3.63) is 58.7 Å². The second kappa shape index (κ2) is 7.12. The topological polar surface area (TPSA) is 76.0 Å². The van der Waals surface area contributed by atoms with Gasteiger partial charge in [0.2, 0.25) is 5.75 Å². The minimum atomic E-state index is -0.464. The van der Waals surface area contributed by atoms with Crippen molar-refractivity contribution in [3.8, 4) is 23.0 Å². The fraction of sp³-hybridized carbons (Fsp3) is 0.286. The normalized spacial score (nSPS) is 15.8. The number of Topliss-reactive ketones (excluding diaryl/α,β-unsaturated/α-hetero) is 1. The number of ketones is 1. The van der Waals surface area contributed by atoms with Crippen LogP contribution >= 0.6 is 0 Å². The SMILES string of the molecule is COc1ccc(C2COc3c(cc(CC=C(C)C)c(O)c3O)C2=O)cc1. The third-order valence-corrected chi connectivity index (χ3v) is 4.53. The molecule has 0 amide bonds. The van der Waals surface area contributed by atoms with Gasteiger partial charge in [0.15, 0.2) is 17.3 Å². The minimum Gasteiger partial charge on any atom is -0.504 e. The monoisotopic (exact) mass is 354 g/mol. The van der Waals surface area contributed by atoms with Crippen molar-refractivity contribution in [2.75, 3.05) is 13.7 Å². The smallest absolute Gasteiger partial charge is 0.201 e. The first-order chi connectivity index (χ1) is 12.4. The lowest BCUT2D eigenvalue weighted by Crippen LogP contribution is -2.26. The number of rotatable bonds is 4. The molecule has 5 heteroatoms. The van der Waals surface area contributed by atoms with Gasteiger partial charge in [-0.05, 0) is 44.0 Å². The molecule has 0 bridgehead atoms. The molecule has 0 fully saturated rings. The Labute approximate surface area is 152 Å². The molecule has 0 saturated carbocycles. The van der Waals surface area contributed by atoms with E-state index in [1.54, 1.807) is 25.3 Å². The molecule has 0 spiro atoms. The third kappa shape index (κ3) is 3.25. The molecule has 3 rings (SSSR count). The maximum atomic E-state index is 13.0. The van der Waals surface area contributed by atoms with E-state index in [9.17, 15) is 15.0 Å². The number of hydrogen-bond acceptors (Lipinski definition) is 5. The maximum absolute atomic E-state index is 13.0. The third-order valence-electron chi connectivity index (χ3n) is 4.53. The molecule has 1 aliphatic rings. The first kappa shape index (κ1) is 17.9. The molecule has 0 aliphatic carbocycles. The molecule has 1 aliphatic heterocycles. The van der Waals surface area contributed by atoms with E-state index in [1.165, 1.54) is 0 Å².